The van der Waals surface area contributed by atoms with E-state index in [0.29, 0.717) is 0 Å². The van der Waals surface area contributed by atoms with Crippen molar-refractivity contribution in [3.63, 3.8) is 0 Å². The van der Waals surface area contributed by atoms with E-state index >= 15 is 0 Å². The minimum Gasteiger partial charge on any atom is -0.308 e. The molecule has 19 heavy (non-hydrogen) atoms. The highest BCUT2D eigenvalue weighted by molar-refractivity contribution is 8.00. The Hall–Kier alpha value is -0.180. The Morgan fingerprint density at radius 2 is 1.95 bits per heavy atom. The molecule has 0 aliphatic heterocycles. The van der Waals surface area contributed by atoms with Crippen molar-refractivity contribution >= 4 is 23.4 Å². The van der Waals surface area contributed by atoms with Crippen LogP contribution in [0, 0.1) is 0 Å². The number of rotatable bonds is 4. The minimum atomic E-state index is 0.137. The molecule has 1 aliphatic rings. The lowest BCUT2D eigenvalue weighted by Crippen LogP contribution is -2.35. The van der Waals surface area contributed by atoms with Crippen molar-refractivity contribution < 1.29 is 0 Å². The van der Waals surface area contributed by atoms with Gasteiger partial charge in [0.2, 0.25) is 0 Å². The Balaban J connectivity index is 2.10. The van der Waals surface area contributed by atoms with Crippen molar-refractivity contribution in [1.82, 2.24) is 5.32 Å². The highest BCUT2D eigenvalue weighted by Gasteiger charge is 2.20. The van der Waals surface area contributed by atoms with Crippen molar-refractivity contribution in [2.24, 2.45) is 0 Å². The molecule has 0 amide bonds. The minimum absolute atomic E-state index is 0.137. The third kappa shape index (κ3) is 4.70. The molecule has 3 heteroatoms. The summed E-state index contributed by atoms with van der Waals surface area (Å²) in [6, 6.07) is 6.27. The maximum absolute atomic E-state index is 6.41. The van der Waals surface area contributed by atoms with Crippen molar-refractivity contribution in [3.8, 4) is 0 Å². The summed E-state index contributed by atoms with van der Waals surface area (Å²) in [5, 5.41) is 5.22. The Morgan fingerprint density at radius 3 is 2.58 bits per heavy atom. The van der Waals surface area contributed by atoms with Crippen LogP contribution in [0.5, 0.6) is 0 Å². The van der Waals surface area contributed by atoms with E-state index < -0.39 is 0 Å². The van der Waals surface area contributed by atoms with Gasteiger partial charge in [-0.1, -0.05) is 36.6 Å². The molecule has 0 spiro atoms. The second-order valence-corrected chi connectivity index (χ2v) is 8.07. The standard InChI is InChI=1S/C16H24ClNS/c1-16(2,3)18-11-12-7-6-10-14(17)15(12)19-13-8-4-5-9-13/h6-7,10,13,18H,4-5,8-9,11H2,1-3H3. The molecule has 106 valence electrons. The largest absolute Gasteiger partial charge is 0.308 e. The van der Waals surface area contributed by atoms with Gasteiger partial charge in [0.25, 0.3) is 0 Å². The number of thioether (sulfide) groups is 1. The van der Waals surface area contributed by atoms with Gasteiger partial charge in [0.05, 0.1) is 5.02 Å². The summed E-state index contributed by atoms with van der Waals surface area (Å²) in [4.78, 5) is 1.29. The molecule has 1 fully saturated rings. The van der Waals surface area contributed by atoms with E-state index in [4.69, 9.17) is 11.6 Å². The molecule has 1 aromatic rings. The molecule has 2 rings (SSSR count). The molecule has 1 nitrogen and oxygen atoms in total. The van der Waals surface area contributed by atoms with Gasteiger partial charge in [-0.2, -0.15) is 0 Å². The summed E-state index contributed by atoms with van der Waals surface area (Å²) < 4.78 is 0. The summed E-state index contributed by atoms with van der Waals surface area (Å²) in [5.41, 5.74) is 1.47. The number of hydrogen-bond donors (Lipinski definition) is 1. The van der Waals surface area contributed by atoms with E-state index in [1.807, 2.05) is 17.8 Å². The third-order valence-corrected chi connectivity index (χ3v) is 5.39. The molecule has 0 bridgehead atoms. The zero-order valence-corrected chi connectivity index (χ0v) is 13.7. The van der Waals surface area contributed by atoms with Crippen LogP contribution in [0.3, 0.4) is 0 Å². The quantitative estimate of drug-likeness (QED) is 0.813. The maximum atomic E-state index is 6.41. The molecule has 1 aliphatic carbocycles. The fourth-order valence-corrected chi connectivity index (χ4v) is 4.06. The van der Waals surface area contributed by atoms with Crippen LogP contribution in [0.1, 0.15) is 52.0 Å². The molecular weight excluding hydrogens is 274 g/mol. The lowest BCUT2D eigenvalue weighted by atomic mass is 10.1. The Kier molecular flexibility index (Phi) is 5.22. The van der Waals surface area contributed by atoms with Crippen molar-refractivity contribution in [1.29, 1.82) is 0 Å². The fourth-order valence-electron chi connectivity index (χ4n) is 2.36. The van der Waals surface area contributed by atoms with Crippen LogP contribution >= 0.6 is 23.4 Å². The maximum Gasteiger partial charge on any atom is 0.0545 e. The third-order valence-electron chi connectivity index (χ3n) is 3.44. The van der Waals surface area contributed by atoms with Crippen LogP contribution in [-0.4, -0.2) is 10.8 Å². The van der Waals surface area contributed by atoms with Crippen molar-refractivity contribution in [2.75, 3.05) is 0 Å². The molecular formula is C16H24ClNS. The summed E-state index contributed by atoms with van der Waals surface area (Å²) in [6.45, 7) is 7.48. The topological polar surface area (TPSA) is 12.0 Å². The lowest BCUT2D eigenvalue weighted by molar-refractivity contribution is 0.422. The summed E-state index contributed by atoms with van der Waals surface area (Å²) in [6.07, 6.45) is 5.42. The number of hydrogen-bond acceptors (Lipinski definition) is 2. The highest BCUT2D eigenvalue weighted by atomic mass is 35.5. The normalized spacial score (nSPS) is 17.1. The van der Waals surface area contributed by atoms with E-state index in [1.54, 1.807) is 0 Å². The average molecular weight is 298 g/mol. The van der Waals surface area contributed by atoms with E-state index in [1.165, 1.54) is 36.1 Å². The molecule has 0 unspecified atom stereocenters. The molecule has 0 atom stereocenters. The van der Waals surface area contributed by atoms with Crippen LogP contribution in [0.2, 0.25) is 5.02 Å². The highest BCUT2D eigenvalue weighted by Crippen LogP contribution is 2.39. The zero-order chi connectivity index (χ0) is 13.9. The van der Waals surface area contributed by atoms with E-state index in [-0.39, 0.29) is 5.54 Å². The van der Waals surface area contributed by atoms with Crippen LogP contribution in [0.4, 0.5) is 0 Å². The van der Waals surface area contributed by atoms with Gasteiger partial charge in [0.15, 0.2) is 0 Å². The number of nitrogens with one attached hydrogen (secondary N) is 1. The molecule has 1 N–H and O–H groups in total. The van der Waals surface area contributed by atoms with E-state index in [2.05, 4.69) is 38.2 Å². The van der Waals surface area contributed by atoms with Crippen LogP contribution in [0.15, 0.2) is 23.1 Å². The number of halogens is 1. The monoisotopic (exact) mass is 297 g/mol. The molecule has 1 aromatic carbocycles. The van der Waals surface area contributed by atoms with Crippen molar-refractivity contribution in [2.45, 2.75) is 68.7 Å². The van der Waals surface area contributed by atoms with Crippen LogP contribution < -0.4 is 5.32 Å². The summed E-state index contributed by atoms with van der Waals surface area (Å²) >= 11 is 8.39. The first-order valence-electron chi connectivity index (χ1n) is 7.15. The Labute approximate surface area is 126 Å². The molecule has 0 saturated heterocycles. The Bertz CT molecular complexity index is 419. The summed E-state index contributed by atoms with van der Waals surface area (Å²) in [7, 11) is 0. The van der Waals surface area contributed by atoms with Crippen LogP contribution in [-0.2, 0) is 6.54 Å². The first-order chi connectivity index (χ1) is 8.96. The van der Waals surface area contributed by atoms with Crippen LogP contribution in [0.25, 0.3) is 0 Å². The van der Waals surface area contributed by atoms with Gasteiger partial charge in [0, 0.05) is 22.2 Å². The van der Waals surface area contributed by atoms with E-state index in [0.717, 1.165) is 16.8 Å². The SMILES string of the molecule is CC(C)(C)NCc1cccc(Cl)c1SC1CCCC1. The van der Waals surface area contributed by atoms with Gasteiger partial charge in [0.1, 0.15) is 0 Å². The Morgan fingerprint density at radius 1 is 1.26 bits per heavy atom. The van der Waals surface area contributed by atoms with Gasteiger partial charge in [-0.15, -0.1) is 11.8 Å². The average Bonchev–Trinajstić information content (AvgIpc) is 2.82. The zero-order valence-electron chi connectivity index (χ0n) is 12.1. The second-order valence-electron chi connectivity index (χ2n) is 6.36. The molecule has 0 radical (unpaired) electrons. The second kappa shape index (κ2) is 6.51. The van der Waals surface area contributed by atoms with Crippen molar-refractivity contribution in [3.05, 3.63) is 28.8 Å². The smallest absolute Gasteiger partial charge is 0.0545 e. The fraction of sp³-hybridized carbons (Fsp3) is 0.625. The van der Waals surface area contributed by atoms with E-state index in [9.17, 15) is 0 Å². The van der Waals surface area contributed by atoms with Gasteiger partial charge in [-0.25, -0.2) is 0 Å². The molecule has 0 aromatic heterocycles. The first-order valence-corrected chi connectivity index (χ1v) is 8.40. The predicted molar refractivity (Wildman–Crippen MR) is 86.2 cm³/mol. The predicted octanol–water partition coefficient (Wildman–Crippen LogP) is 5.26. The van der Waals surface area contributed by atoms with Gasteiger partial charge >= 0.3 is 0 Å². The first kappa shape index (κ1) is 15.2. The molecule has 0 heterocycles. The number of benzene rings is 1. The lowest BCUT2D eigenvalue weighted by Gasteiger charge is -2.22. The van der Waals surface area contributed by atoms with Gasteiger partial charge < -0.3 is 5.32 Å². The van der Waals surface area contributed by atoms with Gasteiger partial charge in [-0.05, 0) is 45.2 Å². The summed E-state index contributed by atoms with van der Waals surface area (Å²) in [5.74, 6) is 0. The molecule has 1 saturated carbocycles. The van der Waals surface area contributed by atoms with Gasteiger partial charge in [-0.3, -0.25) is 0 Å².